The highest BCUT2D eigenvalue weighted by Crippen LogP contribution is 2.17. The Kier molecular flexibility index (Phi) is 5.46. The molecule has 0 aromatic heterocycles. The van der Waals surface area contributed by atoms with Gasteiger partial charge in [0.05, 0.1) is 16.8 Å². The molecule has 0 saturated heterocycles. The normalized spacial score (nSPS) is 11.6. The predicted octanol–water partition coefficient (Wildman–Crippen LogP) is 3.61. The fraction of sp³-hybridized carbons (Fsp3) is 0.222. The van der Waals surface area contributed by atoms with Gasteiger partial charge in [-0.1, -0.05) is 31.2 Å². The fourth-order valence-electron chi connectivity index (χ4n) is 2.03. The third-order valence-corrected chi connectivity index (χ3v) is 3.53. The minimum atomic E-state index is -0.605. The lowest BCUT2D eigenvalue weighted by atomic mass is 10.1. The highest BCUT2D eigenvalue weighted by atomic mass is 19.1. The van der Waals surface area contributed by atoms with Gasteiger partial charge in [0.15, 0.2) is 0 Å². The fourth-order valence-corrected chi connectivity index (χ4v) is 2.03. The highest BCUT2D eigenvalue weighted by Gasteiger charge is 2.16. The van der Waals surface area contributed by atoms with Crippen LogP contribution in [0.5, 0.6) is 0 Å². The first-order valence-electron chi connectivity index (χ1n) is 7.48. The molecule has 0 aliphatic heterocycles. The van der Waals surface area contributed by atoms with E-state index in [1.807, 2.05) is 13.8 Å². The van der Waals surface area contributed by atoms with Crippen molar-refractivity contribution >= 4 is 17.5 Å². The zero-order valence-electron chi connectivity index (χ0n) is 13.1. The zero-order chi connectivity index (χ0) is 16.8. The predicted molar refractivity (Wildman–Crippen MR) is 88.0 cm³/mol. The summed E-state index contributed by atoms with van der Waals surface area (Å²) in [6.07, 6.45) is 0.801. The number of carbonyl (C=O) groups excluding carboxylic acids is 2. The number of para-hydroxylation sites is 1. The van der Waals surface area contributed by atoms with Crippen molar-refractivity contribution in [3.8, 4) is 0 Å². The lowest BCUT2D eigenvalue weighted by Crippen LogP contribution is -2.32. The van der Waals surface area contributed by atoms with E-state index in [4.69, 9.17) is 0 Å². The van der Waals surface area contributed by atoms with Gasteiger partial charge in [0.1, 0.15) is 5.82 Å². The molecule has 0 bridgehead atoms. The molecule has 0 heterocycles. The molecule has 2 N–H and O–H groups in total. The number of hydrogen-bond donors (Lipinski definition) is 2. The third-order valence-electron chi connectivity index (χ3n) is 3.53. The van der Waals surface area contributed by atoms with Crippen molar-refractivity contribution in [3.05, 3.63) is 65.5 Å². The van der Waals surface area contributed by atoms with Crippen molar-refractivity contribution in [2.45, 2.75) is 26.3 Å². The highest BCUT2D eigenvalue weighted by molar-refractivity contribution is 6.09. The van der Waals surface area contributed by atoms with Gasteiger partial charge in [0.25, 0.3) is 11.8 Å². The first-order valence-corrected chi connectivity index (χ1v) is 7.48. The van der Waals surface area contributed by atoms with E-state index in [-0.39, 0.29) is 17.5 Å². The lowest BCUT2D eigenvalue weighted by molar-refractivity contribution is 0.0940. The van der Waals surface area contributed by atoms with Crippen molar-refractivity contribution in [3.63, 3.8) is 0 Å². The van der Waals surface area contributed by atoms with Crippen molar-refractivity contribution in [1.29, 1.82) is 0 Å². The van der Waals surface area contributed by atoms with Crippen LogP contribution in [0.2, 0.25) is 0 Å². The number of carbonyl (C=O) groups is 2. The second kappa shape index (κ2) is 7.54. The Hall–Kier alpha value is -2.69. The number of nitrogens with one attached hydrogen (secondary N) is 2. The Balaban J connectivity index is 2.22. The maximum absolute atomic E-state index is 13.7. The molecule has 0 saturated carbocycles. The smallest absolute Gasteiger partial charge is 0.258 e. The number of halogens is 1. The molecule has 0 spiro atoms. The van der Waals surface area contributed by atoms with Crippen LogP contribution in [-0.4, -0.2) is 17.9 Å². The van der Waals surface area contributed by atoms with Crippen molar-refractivity contribution in [2.24, 2.45) is 0 Å². The van der Waals surface area contributed by atoms with Crippen LogP contribution in [0.1, 0.15) is 41.0 Å². The molecule has 23 heavy (non-hydrogen) atoms. The molecular weight excluding hydrogens is 295 g/mol. The third kappa shape index (κ3) is 4.16. The van der Waals surface area contributed by atoms with Gasteiger partial charge < -0.3 is 10.6 Å². The van der Waals surface area contributed by atoms with Crippen LogP contribution in [-0.2, 0) is 0 Å². The Morgan fingerprint density at radius 2 is 1.61 bits per heavy atom. The first kappa shape index (κ1) is 16.7. The maximum Gasteiger partial charge on any atom is 0.258 e. The second-order valence-electron chi connectivity index (χ2n) is 5.26. The SMILES string of the molecule is CCC(C)NC(=O)c1ccccc1NC(=O)c1ccccc1F. The van der Waals surface area contributed by atoms with Crippen LogP contribution >= 0.6 is 0 Å². The van der Waals surface area contributed by atoms with Gasteiger partial charge in [0.2, 0.25) is 0 Å². The van der Waals surface area contributed by atoms with E-state index in [1.165, 1.54) is 18.2 Å². The van der Waals surface area contributed by atoms with Crippen LogP contribution in [0, 0.1) is 5.82 Å². The van der Waals surface area contributed by atoms with E-state index in [1.54, 1.807) is 30.3 Å². The molecule has 1 unspecified atom stereocenters. The molecule has 120 valence electrons. The number of benzene rings is 2. The van der Waals surface area contributed by atoms with Crippen molar-refractivity contribution in [2.75, 3.05) is 5.32 Å². The maximum atomic E-state index is 13.7. The van der Waals surface area contributed by atoms with E-state index in [9.17, 15) is 14.0 Å². The van der Waals surface area contributed by atoms with E-state index >= 15 is 0 Å². The standard InChI is InChI=1S/C18H19FN2O2/c1-3-12(2)20-18(23)14-9-5-7-11-16(14)21-17(22)13-8-4-6-10-15(13)19/h4-12H,3H2,1-2H3,(H,20,23)(H,21,22). The minimum absolute atomic E-state index is 0.0258. The quantitative estimate of drug-likeness (QED) is 0.886. The van der Waals surface area contributed by atoms with Gasteiger partial charge >= 0.3 is 0 Å². The summed E-state index contributed by atoms with van der Waals surface area (Å²) in [7, 11) is 0. The molecule has 0 radical (unpaired) electrons. The van der Waals surface area contributed by atoms with Crippen LogP contribution in [0.25, 0.3) is 0 Å². The lowest BCUT2D eigenvalue weighted by Gasteiger charge is -2.14. The van der Waals surface area contributed by atoms with E-state index in [0.29, 0.717) is 11.3 Å². The Bertz CT molecular complexity index is 716. The number of amides is 2. The Morgan fingerprint density at radius 1 is 1.00 bits per heavy atom. The molecule has 0 fully saturated rings. The molecule has 2 aromatic carbocycles. The first-order chi connectivity index (χ1) is 11.0. The summed E-state index contributed by atoms with van der Waals surface area (Å²) in [6, 6.07) is 12.4. The summed E-state index contributed by atoms with van der Waals surface area (Å²) in [5.74, 6) is -1.47. The second-order valence-corrected chi connectivity index (χ2v) is 5.26. The number of anilines is 1. The van der Waals surface area contributed by atoms with Gasteiger partial charge in [-0.25, -0.2) is 4.39 Å². The largest absolute Gasteiger partial charge is 0.350 e. The van der Waals surface area contributed by atoms with Gasteiger partial charge in [-0.15, -0.1) is 0 Å². The van der Waals surface area contributed by atoms with Crippen molar-refractivity contribution in [1.82, 2.24) is 5.32 Å². The zero-order valence-corrected chi connectivity index (χ0v) is 13.1. The van der Waals surface area contributed by atoms with Gasteiger partial charge in [-0.2, -0.15) is 0 Å². The molecule has 2 rings (SSSR count). The summed E-state index contributed by atoms with van der Waals surface area (Å²) >= 11 is 0. The average Bonchev–Trinajstić information content (AvgIpc) is 2.55. The summed E-state index contributed by atoms with van der Waals surface area (Å²) in [5, 5.41) is 5.45. The molecule has 2 amide bonds. The van der Waals surface area contributed by atoms with E-state index in [2.05, 4.69) is 10.6 Å². The van der Waals surface area contributed by atoms with Gasteiger partial charge in [0, 0.05) is 6.04 Å². The van der Waals surface area contributed by atoms with Gasteiger partial charge in [-0.05, 0) is 37.6 Å². The molecular formula is C18H19FN2O2. The summed E-state index contributed by atoms with van der Waals surface area (Å²) in [4.78, 5) is 24.5. The summed E-state index contributed by atoms with van der Waals surface area (Å²) in [6.45, 7) is 3.87. The molecule has 0 aliphatic rings. The number of rotatable bonds is 5. The minimum Gasteiger partial charge on any atom is -0.350 e. The molecule has 2 aromatic rings. The van der Waals surface area contributed by atoms with Crippen molar-refractivity contribution < 1.29 is 14.0 Å². The monoisotopic (exact) mass is 314 g/mol. The molecule has 1 atom stereocenters. The van der Waals surface area contributed by atoms with Crippen LogP contribution in [0.15, 0.2) is 48.5 Å². The van der Waals surface area contributed by atoms with Crippen LogP contribution < -0.4 is 10.6 Å². The molecule has 5 heteroatoms. The molecule has 4 nitrogen and oxygen atoms in total. The average molecular weight is 314 g/mol. The van der Waals surface area contributed by atoms with E-state index < -0.39 is 11.7 Å². The topological polar surface area (TPSA) is 58.2 Å². The number of hydrogen-bond acceptors (Lipinski definition) is 2. The van der Waals surface area contributed by atoms with Crippen LogP contribution in [0.3, 0.4) is 0 Å². The summed E-state index contributed by atoms with van der Waals surface area (Å²) in [5.41, 5.74) is 0.628. The molecule has 0 aliphatic carbocycles. The van der Waals surface area contributed by atoms with Crippen LogP contribution in [0.4, 0.5) is 10.1 Å². The van der Waals surface area contributed by atoms with E-state index in [0.717, 1.165) is 6.42 Å². The summed E-state index contributed by atoms with van der Waals surface area (Å²) < 4.78 is 13.7. The van der Waals surface area contributed by atoms with Gasteiger partial charge in [-0.3, -0.25) is 9.59 Å². The Morgan fingerprint density at radius 3 is 2.26 bits per heavy atom. The Labute approximate surface area is 134 Å².